The van der Waals surface area contributed by atoms with Crippen molar-refractivity contribution in [2.24, 2.45) is 0 Å². The zero-order valence-corrected chi connectivity index (χ0v) is 15.0. The molecule has 2 heterocycles. The van der Waals surface area contributed by atoms with Crippen molar-refractivity contribution < 1.29 is 22.4 Å². The first-order chi connectivity index (χ1) is 13.8. The van der Waals surface area contributed by atoms with Crippen LogP contribution < -0.4 is 10.6 Å². The Balaban J connectivity index is 1.47. The summed E-state index contributed by atoms with van der Waals surface area (Å²) >= 11 is 0. The highest BCUT2D eigenvalue weighted by Crippen LogP contribution is 2.34. The van der Waals surface area contributed by atoms with E-state index in [1.165, 1.54) is 18.2 Å². The van der Waals surface area contributed by atoms with Crippen LogP contribution in [0.1, 0.15) is 11.4 Å². The number of nitrogens with one attached hydrogen (secondary N) is 2. The highest BCUT2D eigenvalue weighted by atomic mass is 19.4. The van der Waals surface area contributed by atoms with E-state index < -0.39 is 17.8 Å². The molecule has 4 rings (SSSR count). The minimum absolute atomic E-state index is 0.325. The molecule has 10 heteroatoms. The molecule has 0 saturated carbocycles. The molecule has 2 N–H and O–H groups in total. The molecule has 2 amide bonds. The van der Waals surface area contributed by atoms with Gasteiger partial charge in [-0.1, -0.05) is 12.1 Å². The Hall–Kier alpha value is -3.82. The molecule has 0 aliphatic carbocycles. The van der Waals surface area contributed by atoms with Gasteiger partial charge in [0, 0.05) is 11.3 Å². The number of halogens is 3. The number of nitrogens with zero attached hydrogens (tertiary/aromatic N) is 3. The number of amides is 2. The number of carbonyl (C=O) groups is 1. The van der Waals surface area contributed by atoms with Gasteiger partial charge in [-0.3, -0.25) is 0 Å². The molecule has 29 heavy (non-hydrogen) atoms. The van der Waals surface area contributed by atoms with E-state index in [1.54, 1.807) is 41.9 Å². The van der Waals surface area contributed by atoms with Crippen LogP contribution in [-0.4, -0.2) is 20.6 Å². The number of rotatable bonds is 3. The van der Waals surface area contributed by atoms with Gasteiger partial charge in [-0.2, -0.15) is 17.7 Å². The van der Waals surface area contributed by atoms with Crippen LogP contribution in [0.25, 0.3) is 17.2 Å². The fraction of sp³-hybridized carbons (Fsp3) is 0.105. The lowest BCUT2D eigenvalue weighted by molar-refractivity contribution is -0.136. The second kappa shape index (κ2) is 6.97. The molecule has 148 valence electrons. The van der Waals surface area contributed by atoms with Gasteiger partial charge in [-0.05, 0) is 43.3 Å². The quantitative estimate of drug-likeness (QED) is 0.508. The van der Waals surface area contributed by atoms with Crippen LogP contribution in [0, 0.1) is 6.92 Å². The third kappa shape index (κ3) is 3.77. The number of fused-ring (bicyclic) bond motifs is 1. The maximum Gasteiger partial charge on any atom is 0.418 e. The second-order valence-corrected chi connectivity index (χ2v) is 6.16. The number of imidazole rings is 1. The van der Waals surface area contributed by atoms with E-state index in [0.29, 0.717) is 28.7 Å². The van der Waals surface area contributed by atoms with Crippen LogP contribution >= 0.6 is 0 Å². The number of aryl methyl sites for hydroxylation is 1. The van der Waals surface area contributed by atoms with Gasteiger partial charge in [0.1, 0.15) is 5.82 Å². The van der Waals surface area contributed by atoms with Crippen LogP contribution in [0.2, 0.25) is 0 Å². The van der Waals surface area contributed by atoms with Crippen molar-refractivity contribution in [3.63, 3.8) is 0 Å². The molecular weight excluding hydrogens is 387 g/mol. The van der Waals surface area contributed by atoms with Gasteiger partial charge >= 0.3 is 12.2 Å². The summed E-state index contributed by atoms with van der Waals surface area (Å²) in [7, 11) is 0. The number of benzene rings is 2. The SMILES string of the molecule is Cc1ncc2oc(-c3ccc(NC(=O)Nc4ccccc4C(F)(F)F)cc3)nn12. The van der Waals surface area contributed by atoms with E-state index in [-0.39, 0.29) is 5.69 Å². The Morgan fingerprint density at radius 3 is 2.48 bits per heavy atom. The molecule has 0 fully saturated rings. The average molecular weight is 401 g/mol. The summed E-state index contributed by atoms with van der Waals surface area (Å²) in [6.07, 6.45) is -3.01. The lowest BCUT2D eigenvalue weighted by Crippen LogP contribution is -2.21. The Kier molecular flexibility index (Phi) is 4.45. The van der Waals surface area contributed by atoms with E-state index in [4.69, 9.17) is 4.42 Å². The zero-order chi connectivity index (χ0) is 20.6. The molecule has 0 spiro atoms. The first kappa shape index (κ1) is 18.5. The topological polar surface area (TPSA) is 84.5 Å². The van der Waals surface area contributed by atoms with Crippen molar-refractivity contribution in [2.75, 3.05) is 10.6 Å². The number of para-hydroxylation sites is 1. The summed E-state index contributed by atoms with van der Waals surface area (Å²) in [4.78, 5) is 16.2. The van der Waals surface area contributed by atoms with E-state index in [1.807, 2.05) is 0 Å². The maximum atomic E-state index is 13.0. The number of carbonyl (C=O) groups excluding carboxylic acids is 1. The van der Waals surface area contributed by atoms with Crippen LogP contribution in [0.5, 0.6) is 0 Å². The number of anilines is 2. The molecule has 0 atom stereocenters. The Bertz CT molecular complexity index is 1180. The smallest absolute Gasteiger partial charge is 0.417 e. The standard InChI is InChI=1S/C19H14F3N5O2/c1-11-23-10-16-27(11)26-17(29-16)12-6-8-13(9-7-12)24-18(28)25-15-5-3-2-4-14(15)19(20,21)22/h2-10H,1H3,(H2,24,25,28). The van der Waals surface area contributed by atoms with Crippen molar-refractivity contribution >= 4 is 23.1 Å². The summed E-state index contributed by atoms with van der Waals surface area (Å²) in [6.45, 7) is 1.79. The van der Waals surface area contributed by atoms with Gasteiger partial charge in [0.2, 0.25) is 11.6 Å². The monoisotopic (exact) mass is 401 g/mol. The van der Waals surface area contributed by atoms with Crippen LogP contribution in [0.4, 0.5) is 29.3 Å². The van der Waals surface area contributed by atoms with E-state index in [0.717, 1.165) is 6.07 Å². The number of urea groups is 1. The number of aromatic nitrogens is 3. The van der Waals surface area contributed by atoms with Gasteiger partial charge in [0.05, 0.1) is 17.4 Å². The summed E-state index contributed by atoms with van der Waals surface area (Å²) in [5.41, 5.74) is 0.319. The Morgan fingerprint density at radius 2 is 1.79 bits per heavy atom. The summed E-state index contributed by atoms with van der Waals surface area (Å²) in [6, 6.07) is 10.5. The maximum absolute atomic E-state index is 13.0. The Morgan fingerprint density at radius 1 is 1.07 bits per heavy atom. The van der Waals surface area contributed by atoms with Gasteiger partial charge in [-0.25, -0.2) is 9.78 Å². The van der Waals surface area contributed by atoms with Crippen molar-refractivity contribution in [2.45, 2.75) is 13.1 Å². The van der Waals surface area contributed by atoms with E-state index in [2.05, 4.69) is 20.7 Å². The van der Waals surface area contributed by atoms with Crippen LogP contribution in [0.3, 0.4) is 0 Å². The third-order valence-corrected chi connectivity index (χ3v) is 4.14. The molecule has 7 nitrogen and oxygen atoms in total. The largest absolute Gasteiger partial charge is 0.418 e. The summed E-state index contributed by atoms with van der Waals surface area (Å²) in [5, 5.41) is 9.02. The predicted molar refractivity (Wildman–Crippen MR) is 99.5 cm³/mol. The number of hydrogen-bond donors (Lipinski definition) is 2. The molecule has 0 saturated heterocycles. The van der Waals surface area contributed by atoms with Crippen LogP contribution in [-0.2, 0) is 6.18 Å². The number of alkyl halides is 3. The van der Waals surface area contributed by atoms with Crippen molar-refractivity contribution in [1.29, 1.82) is 0 Å². The molecule has 4 aromatic rings. The fourth-order valence-electron chi connectivity index (χ4n) is 2.76. The third-order valence-electron chi connectivity index (χ3n) is 4.14. The second-order valence-electron chi connectivity index (χ2n) is 6.16. The van der Waals surface area contributed by atoms with Gasteiger partial charge in [0.25, 0.3) is 0 Å². The minimum Gasteiger partial charge on any atom is -0.417 e. The van der Waals surface area contributed by atoms with E-state index in [9.17, 15) is 18.0 Å². The summed E-state index contributed by atoms with van der Waals surface area (Å²) in [5.74, 6) is 1.06. The fourth-order valence-corrected chi connectivity index (χ4v) is 2.76. The highest BCUT2D eigenvalue weighted by Gasteiger charge is 2.33. The molecule has 2 aromatic heterocycles. The molecule has 0 radical (unpaired) electrons. The molecular formula is C19H14F3N5O2. The lowest BCUT2D eigenvalue weighted by atomic mass is 10.1. The summed E-state index contributed by atoms with van der Waals surface area (Å²) < 4.78 is 46.2. The number of hydrogen-bond acceptors (Lipinski definition) is 4. The van der Waals surface area contributed by atoms with Gasteiger partial charge < -0.3 is 15.1 Å². The molecule has 0 bridgehead atoms. The van der Waals surface area contributed by atoms with Gasteiger partial charge in [0.15, 0.2) is 0 Å². The molecule has 0 unspecified atom stereocenters. The first-order valence-corrected chi connectivity index (χ1v) is 8.47. The van der Waals surface area contributed by atoms with Gasteiger partial charge in [-0.15, -0.1) is 5.10 Å². The molecule has 0 aliphatic rings. The predicted octanol–water partition coefficient (Wildman–Crippen LogP) is 4.96. The Labute approximate surface area is 162 Å². The molecule has 2 aromatic carbocycles. The average Bonchev–Trinajstić information content (AvgIpc) is 3.24. The van der Waals surface area contributed by atoms with Crippen molar-refractivity contribution in [3.8, 4) is 11.5 Å². The normalized spacial score (nSPS) is 11.6. The van der Waals surface area contributed by atoms with Crippen molar-refractivity contribution in [3.05, 3.63) is 66.1 Å². The van der Waals surface area contributed by atoms with Crippen LogP contribution in [0.15, 0.2) is 59.1 Å². The zero-order valence-electron chi connectivity index (χ0n) is 15.0. The highest BCUT2D eigenvalue weighted by molar-refractivity contribution is 6.00. The van der Waals surface area contributed by atoms with E-state index >= 15 is 0 Å². The first-order valence-electron chi connectivity index (χ1n) is 8.47. The molecule has 0 aliphatic heterocycles. The minimum atomic E-state index is -4.57. The van der Waals surface area contributed by atoms with Crippen molar-refractivity contribution in [1.82, 2.24) is 14.6 Å². The lowest BCUT2D eigenvalue weighted by Gasteiger charge is -2.14.